The molecule has 2 aromatic carbocycles. The predicted octanol–water partition coefficient (Wildman–Crippen LogP) is 3.69. The Morgan fingerprint density at radius 3 is 2.31 bits per heavy atom. The summed E-state index contributed by atoms with van der Waals surface area (Å²) in [7, 11) is 5.12. The van der Waals surface area contributed by atoms with Crippen LogP contribution in [0.15, 0.2) is 59.6 Å². The second-order valence-corrected chi connectivity index (χ2v) is 5.56. The number of carbonyl (C=O) groups excluding carboxylic acids is 1. The minimum absolute atomic E-state index is 0. The van der Waals surface area contributed by atoms with Crippen molar-refractivity contribution >= 4 is 41.7 Å². The van der Waals surface area contributed by atoms with Crippen molar-refractivity contribution in [1.29, 1.82) is 0 Å². The Kier molecular flexibility index (Phi) is 9.50. The maximum absolute atomic E-state index is 11.2. The zero-order valence-electron chi connectivity index (χ0n) is 15.2. The van der Waals surface area contributed by atoms with Gasteiger partial charge in [0.05, 0.1) is 7.11 Å². The summed E-state index contributed by atoms with van der Waals surface area (Å²) in [6, 6.07) is 17.8. The van der Waals surface area contributed by atoms with Crippen LogP contribution < -0.4 is 10.6 Å². The third-order valence-electron chi connectivity index (χ3n) is 3.67. The van der Waals surface area contributed by atoms with Gasteiger partial charge >= 0.3 is 6.09 Å². The van der Waals surface area contributed by atoms with Gasteiger partial charge in [-0.2, -0.15) is 0 Å². The van der Waals surface area contributed by atoms with Gasteiger partial charge in [-0.05, 0) is 23.3 Å². The molecule has 0 aromatic heterocycles. The number of nitrogens with zero attached hydrogens (tertiary/aromatic N) is 2. The second-order valence-electron chi connectivity index (χ2n) is 5.56. The Morgan fingerprint density at radius 1 is 1.08 bits per heavy atom. The molecule has 0 fully saturated rings. The molecule has 0 saturated heterocycles. The fourth-order valence-corrected chi connectivity index (χ4v) is 2.37. The number of nitrogens with one attached hydrogen (secondary N) is 2. The summed E-state index contributed by atoms with van der Waals surface area (Å²) < 4.78 is 4.57. The van der Waals surface area contributed by atoms with Crippen LogP contribution in [0, 0.1) is 0 Å². The van der Waals surface area contributed by atoms with Crippen molar-refractivity contribution in [2.45, 2.75) is 13.1 Å². The number of aliphatic imine (C=N–C) groups is 1. The van der Waals surface area contributed by atoms with Crippen molar-refractivity contribution in [3.63, 3.8) is 0 Å². The molecule has 26 heavy (non-hydrogen) atoms. The highest BCUT2D eigenvalue weighted by Gasteiger charge is 2.07. The molecule has 0 unspecified atom stereocenters. The molecule has 2 N–H and O–H groups in total. The third-order valence-corrected chi connectivity index (χ3v) is 3.67. The number of amides is 1. The van der Waals surface area contributed by atoms with Crippen molar-refractivity contribution in [2.75, 3.05) is 26.5 Å². The summed E-state index contributed by atoms with van der Waals surface area (Å²) in [5.74, 6) is 0.820. The molecule has 0 spiro atoms. The monoisotopic (exact) mass is 468 g/mol. The summed E-state index contributed by atoms with van der Waals surface area (Å²) in [6.45, 7) is 1.42. The molecule has 0 saturated carbocycles. The number of anilines is 1. The van der Waals surface area contributed by atoms with E-state index in [1.807, 2.05) is 49.5 Å². The van der Waals surface area contributed by atoms with Crippen LogP contribution in [0.2, 0.25) is 0 Å². The lowest BCUT2D eigenvalue weighted by atomic mass is 10.2. The van der Waals surface area contributed by atoms with E-state index in [4.69, 9.17) is 0 Å². The molecule has 0 radical (unpaired) electrons. The standard InChI is InChI=1S/C19H24N4O2.HI/c1-20-18(23(2)14-16-7-5-4-6-8-16)21-13-15-9-11-17(12-10-15)22-19(24)25-3;/h4-12H,13-14H2,1-3H3,(H,20,21)(H,22,24);1H. The van der Waals surface area contributed by atoms with E-state index in [1.54, 1.807) is 7.05 Å². The quantitative estimate of drug-likeness (QED) is 0.399. The highest BCUT2D eigenvalue weighted by Crippen LogP contribution is 2.10. The number of halogens is 1. The number of methoxy groups -OCH3 is 1. The SMILES string of the molecule is CN=C(NCc1ccc(NC(=O)OC)cc1)N(C)Cc1ccccc1.I. The number of hydrogen-bond donors (Lipinski definition) is 2. The number of rotatable bonds is 5. The lowest BCUT2D eigenvalue weighted by molar-refractivity contribution is 0.187. The zero-order chi connectivity index (χ0) is 18.1. The molecule has 0 aliphatic heterocycles. The minimum Gasteiger partial charge on any atom is -0.453 e. The first-order valence-corrected chi connectivity index (χ1v) is 8.02. The van der Waals surface area contributed by atoms with Crippen molar-refractivity contribution in [3.8, 4) is 0 Å². The normalized spacial score (nSPS) is 10.5. The van der Waals surface area contributed by atoms with Crippen molar-refractivity contribution in [3.05, 3.63) is 65.7 Å². The van der Waals surface area contributed by atoms with E-state index in [-0.39, 0.29) is 24.0 Å². The van der Waals surface area contributed by atoms with E-state index in [0.29, 0.717) is 12.2 Å². The van der Waals surface area contributed by atoms with E-state index >= 15 is 0 Å². The van der Waals surface area contributed by atoms with Crippen LogP contribution in [0.25, 0.3) is 0 Å². The molecule has 7 heteroatoms. The van der Waals surface area contributed by atoms with Gasteiger partial charge in [-0.3, -0.25) is 10.3 Å². The van der Waals surface area contributed by atoms with Crippen molar-refractivity contribution in [2.24, 2.45) is 4.99 Å². The van der Waals surface area contributed by atoms with Gasteiger partial charge in [0, 0.05) is 32.9 Å². The van der Waals surface area contributed by atoms with Gasteiger partial charge in [0.1, 0.15) is 0 Å². The van der Waals surface area contributed by atoms with E-state index < -0.39 is 6.09 Å². The fourth-order valence-electron chi connectivity index (χ4n) is 2.37. The fraction of sp³-hybridized carbons (Fsp3) is 0.263. The van der Waals surface area contributed by atoms with E-state index in [1.165, 1.54) is 12.7 Å². The van der Waals surface area contributed by atoms with Crippen LogP contribution in [0.4, 0.5) is 10.5 Å². The van der Waals surface area contributed by atoms with E-state index in [2.05, 4.69) is 37.4 Å². The average Bonchev–Trinajstić information content (AvgIpc) is 2.64. The molecule has 0 aliphatic carbocycles. The summed E-state index contributed by atoms with van der Waals surface area (Å²) in [4.78, 5) is 17.6. The minimum atomic E-state index is -0.478. The van der Waals surface area contributed by atoms with Crippen LogP contribution in [0.1, 0.15) is 11.1 Å². The van der Waals surface area contributed by atoms with Gasteiger partial charge in [-0.15, -0.1) is 24.0 Å². The first-order valence-electron chi connectivity index (χ1n) is 8.02. The first-order chi connectivity index (χ1) is 12.1. The predicted molar refractivity (Wildman–Crippen MR) is 116 cm³/mol. The smallest absolute Gasteiger partial charge is 0.411 e. The number of guanidine groups is 1. The Balaban J connectivity index is 0.00000338. The van der Waals surface area contributed by atoms with Crippen LogP contribution in [-0.4, -0.2) is 38.2 Å². The summed E-state index contributed by atoms with van der Waals surface area (Å²) in [5, 5.41) is 5.97. The van der Waals surface area contributed by atoms with Gasteiger partial charge in [0.2, 0.25) is 0 Å². The molecule has 1 amide bonds. The highest BCUT2D eigenvalue weighted by molar-refractivity contribution is 14.0. The van der Waals surface area contributed by atoms with Crippen LogP contribution in [0.3, 0.4) is 0 Å². The van der Waals surface area contributed by atoms with Gasteiger partial charge in [-0.1, -0.05) is 42.5 Å². The number of carbonyl (C=O) groups is 1. The molecular formula is C19H25IN4O2. The summed E-state index contributed by atoms with van der Waals surface area (Å²) in [5.41, 5.74) is 3.01. The maximum Gasteiger partial charge on any atom is 0.411 e. The highest BCUT2D eigenvalue weighted by atomic mass is 127. The molecule has 2 aromatic rings. The maximum atomic E-state index is 11.2. The molecule has 2 rings (SSSR count). The first kappa shape index (κ1) is 21.8. The molecule has 140 valence electrons. The van der Waals surface area contributed by atoms with E-state index in [9.17, 15) is 4.79 Å². The topological polar surface area (TPSA) is 66.0 Å². The van der Waals surface area contributed by atoms with Crippen LogP contribution >= 0.6 is 24.0 Å². The summed E-state index contributed by atoms with van der Waals surface area (Å²) >= 11 is 0. The molecule has 0 bridgehead atoms. The molecular weight excluding hydrogens is 443 g/mol. The van der Waals surface area contributed by atoms with Crippen molar-refractivity contribution < 1.29 is 9.53 Å². The zero-order valence-corrected chi connectivity index (χ0v) is 17.6. The second kappa shape index (κ2) is 11.3. The van der Waals surface area contributed by atoms with E-state index in [0.717, 1.165) is 18.1 Å². The average molecular weight is 468 g/mol. The Bertz CT molecular complexity index is 705. The van der Waals surface area contributed by atoms with Crippen molar-refractivity contribution in [1.82, 2.24) is 10.2 Å². The van der Waals surface area contributed by atoms with Gasteiger partial charge in [-0.25, -0.2) is 4.79 Å². The molecule has 0 aliphatic rings. The Hall–Kier alpha value is -2.29. The summed E-state index contributed by atoms with van der Waals surface area (Å²) in [6.07, 6.45) is -0.478. The largest absolute Gasteiger partial charge is 0.453 e. The van der Waals surface area contributed by atoms with Gasteiger partial charge < -0.3 is 15.0 Å². The lowest BCUT2D eigenvalue weighted by Gasteiger charge is -2.22. The van der Waals surface area contributed by atoms with Crippen LogP contribution in [-0.2, 0) is 17.8 Å². The molecule has 0 heterocycles. The van der Waals surface area contributed by atoms with Gasteiger partial charge in [0.15, 0.2) is 5.96 Å². The Labute approximate surface area is 171 Å². The van der Waals surface area contributed by atoms with Crippen LogP contribution in [0.5, 0.6) is 0 Å². The lowest BCUT2D eigenvalue weighted by Crippen LogP contribution is -2.38. The molecule has 0 atom stereocenters. The number of benzene rings is 2. The van der Waals surface area contributed by atoms with Gasteiger partial charge in [0.25, 0.3) is 0 Å². The number of ether oxygens (including phenoxy) is 1. The third kappa shape index (κ3) is 6.91. The Morgan fingerprint density at radius 2 is 1.73 bits per heavy atom. The molecule has 6 nitrogen and oxygen atoms in total. The number of hydrogen-bond acceptors (Lipinski definition) is 3.